The number of aliphatic hydroxyl groups excluding tert-OH is 1. The number of carbonyl (C=O) groups is 1. The van der Waals surface area contributed by atoms with E-state index >= 15 is 0 Å². The highest BCUT2D eigenvalue weighted by Crippen LogP contribution is 2.06. The lowest BCUT2D eigenvalue weighted by Gasteiger charge is -2.19. The maximum atomic E-state index is 12.2. The first-order valence-electron chi connectivity index (χ1n) is 6.57. The van der Waals surface area contributed by atoms with E-state index in [0.717, 1.165) is 13.0 Å². The van der Waals surface area contributed by atoms with Crippen LogP contribution in [0.1, 0.15) is 42.6 Å². The van der Waals surface area contributed by atoms with Crippen LogP contribution in [0.25, 0.3) is 0 Å². The minimum absolute atomic E-state index is 0.0114. The van der Waals surface area contributed by atoms with E-state index in [0.29, 0.717) is 24.1 Å². The Bertz CT molecular complexity index is 475. The van der Waals surface area contributed by atoms with Gasteiger partial charge in [-0.1, -0.05) is 18.8 Å². The molecule has 4 nitrogen and oxygen atoms in total. The summed E-state index contributed by atoms with van der Waals surface area (Å²) < 4.78 is 0. The van der Waals surface area contributed by atoms with E-state index in [4.69, 9.17) is 5.11 Å². The zero-order valence-electron chi connectivity index (χ0n) is 11.5. The molecule has 0 saturated carbocycles. The number of hydrogen-bond donors (Lipinski definition) is 1. The van der Waals surface area contributed by atoms with Gasteiger partial charge in [0.15, 0.2) is 0 Å². The summed E-state index contributed by atoms with van der Waals surface area (Å²) >= 11 is 0. The molecule has 1 heterocycles. The number of hydrogen-bond acceptors (Lipinski definition) is 3. The SMILES string of the molecule is CCCN(CC)C(=O)c1cncc(C#CCCO)c1. The Morgan fingerprint density at radius 2 is 2.21 bits per heavy atom. The maximum Gasteiger partial charge on any atom is 0.255 e. The van der Waals surface area contributed by atoms with Crippen LogP contribution in [-0.2, 0) is 0 Å². The van der Waals surface area contributed by atoms with Gasteiger partial charge in [-0.25, -0.2) is 0 Å². The first-order chi connectivity index (χ1) is 9.22. The second kappa shape index (κ2) is 8.28. The monoisotopic (exact) mass is 260 g/mol. The Kier molecular flexibility index (Phi) is 6.62. The van der Waals surface area contributed by atoms with Crippen LogP contribution in [0.2, 0.25) is 0 Å². The second-order valence-electron chi connectivity index (χ2n) is 4.12. The molecule has 0 aliphatic rings. The van der Waals surface area contributed by atoms with Gasteiger partial charge in [0.05, 0.1) is 12.2 Å². The van der Waals surface area contributed by atoms with Crippen LogP contribution in [-0.4, -0.2) is 40.6 Å². The summed E-state index contributed by atoms with van der Waals surface area (Å²) in [6.07, 6.45) is 4.55. The molecule has 1 amide bonds. The van der Waals surface area contributed by atoms with Crippen LogP contribution in [0.4, 0.5) is 0 Å². The van der Waals surface area contributed by atoms with E-state index in [9.17, 15) is 4.79 Å². The number of nitrogens with zero attached hydrogens (tertiary/aromatic N) is 2. The quantitative estimate of drug-likeness (QED) is 0.820. The fraction of sp³-hybridized carbons (Fsp3) is 0.467. The van der Waals surface area contributed by atoms with E-state index in [2.05, 4.69) is 16.8 Å². The Morgan fingerprint density at radius 1 is 1.42 bits per heavy atom. The topological polar surface area (TPSA) is 53.4 Å². The average Bonchev–Trinajstić information content (AvgIpc) is 2.44. The predicted molar refractivity (Wildman–Crippen MR) is 74.7 cm³/mol. The lowest BCUT2D eigenvalue weighted by molar-refractivity contribution is 0.0764. The minimum atomic E-state index is -0.0114. The number of carbonyl (C=O) groups excluding carboxylic acids is 1. The lowest BCUT2D eigenvalue weighted by atomic mass is 10.2. The molecule has 1 N–H and O–H groups in total. The molecule has 0 aromatic carbocycles. The fourth-order valence-electron chi connectivity index (χ4n) is 1.70. The number of aromatic nitrogens is 1. The van der Waals surface area contributed by atoms with Gasteiger partial charge in [0.25, 0.3) is 5.91 Å². The molecule has 1 rings (SSSR count). The van der Waals surface area contributed by atoms with Gasteiger partial charge in [-0.15, -0.1) is 0 Å². The van der Waals surface area contributed by atoms with Gasteiger partial charge in [0, 0.05) is 37.5 Å². The van der Waals surface area contributed by atoms with Crippen LogP contribution >= 0.6 is 0 Å². The highest BCUT2D eigenvalue weighted by atomic mass is 16.2. The van der Waals surface area contributed by atoms with Gasteiger partial charge in [-0.3, -0.25) is 9.78 Å². The molecule has 0 bridgehead atoms. The van der Waals surface area contributed by atoms with Gasteiger partial charge in [-0.05, 0) is 19.4 Å². The second-order valence-corrected chi connectivity index (χ2v) is 4.12. The van der Waals surface area contributed by atoms with Gasteiger partial charge < -0.3 is 10.0 Å². The molecule has 102 valence electrons. The van der Waals surface area contributed by atoms with Crippen LogP contribution in [0.15, 0.2) is 18.5 Å². The van der Waals surface area contributed by atoms with Gasteiger partial charge >= 0.3 is 0 Å². The minimum Gasteiger partial charge on any atom is -0.395 e. The molecule has 1 aromatic rings. The zero-order chi connectivity index (χ0) is 14.1. The van der Waals surface area contributed by atoms with E-state index < -0.39 is 0 Å². The molecular weight excluding hydrogens is 240 g/mol. The van der Waals surface area contributed by atoms with Crippen molar-refractivity contribution in [2.45, 2.75) is 26.7 Å². The van der Waals surface area contributed by atoms with E-state index in [1.54, 1.807) is 23.4 Å². The predicted octanol–water partition coefficient (Wildman–Crippen LogP) is 1.69. The first-order valence-corrected chi connectivity index (χ1v) is 6.57. The number of aliphatic hydroxyl groups is 1. The summed E-state index contributed by atoms with van der Waals surface area (Å²) in [5, 5.41) is 8.67. The Hall–Kier alpha value is -1.86. The maximum absolute atomic E-state index is 12.2. The zero-order valence-corrected chi connectivity index (χ0v) is 11.5. The normalized spacial score (nSPS) is 9.63. The van der Waals surface area contributed by atoms with Crippen molar-refractivity contribution in [3.05, 3.63) is 29.6 Å². The Labute approximate surface area is 114 Å². The van der Waals surface area contributed by atoms with Crippen molar-refractivity contribution in [3.8, 4) is 11.8 Å². The summed E-state index contributed by atoms with van der Waals surface area (Å²) in [5.41, 5.74) is 1.26. The van der Waals surface area contributed by atoms with Crippen molar-refractivity contribution in [1.82, 2.24) is 9.88 Å². The van der Waals surface area contributed by atoms with E-state index in [-0.39, 0.29) is 12.5 Å². The molecule has 0 unspecified atom stereocenters. The van der Waals surface area contributed by atoms with Gasteiger partial charge in [-0.2, -0.15) is 0 Å². The summed E-state index contributed by atoms with van der Waals surface area (Å²) in [4.78, 5) is 18.1. The van der Waals surface area contributed by atoms with Gasteiger partial charge in [0.2, 0.25) is 0 Å². The van der Waals surface area contributed by atoms with Crippen LogP contribution in [0.3, 0.4) is 0 Å². The van der Waals surface area contributed by atoms with Crippen molar-refractivity contribution >= 4 is 5.91 Å². The largest absolute Gasteiger partial charge is 0.395 e. The number of pyridine rings is 1. The summed E-state index contributed by atoms with van der Waals surface area (Å²) in [6, 6.07) is 1.75. The molecule has 0 saturated heterocycles. The molecule has 0 aliphatic carbocycles. The van der Waals surface area contributed by atoms with Crippen molar-refractivity contribution in [3.63, 3.8) is 0 Å². The third kappa shape index (κ3) is 4.72. The third-order valence-electron chi connectivity index (χ3n) is 2.62. The first kappa shape index (κ1) is 15.2. The molecule has 4 heteroatoms. The molecule has 0 atom stereocenters. The van der Waals surface area contributed by atoms with Crippen LogP contribution in [0, 0.1) is 11.8 Å². The molecule has 0 fully saturated rings. The third-order valence-corrected chi connectivity index (χ3v) is 2.62. The summed E-state index contributed by atoms with van der Waals surface area (Å²) in [6.45, 7) is 5.48. The molecule has 19 heavy (non-hydrogen) atoms. The van der Waals surface area contributed by atoms with E-state index in [1.807, 2.05) is 13.8 Å². The molecule has 0 spiro atoms. The average molecular weight is 260 g/mol. The molecule has 0 radical (unpaired) electrons. The van der Waals surface area contributed by atoms with Gasteiger partial charge in [0.1, 0.15) is 0 Å². The fourth-order valence-corrected chi connectivity index (χ4v) is 1.70. The van der Waals surface area contributed by atoms with Crippen molar-refractivity contribution in [2.24, 2.45) is 0 Å². The molecule has 1 aromatic heterocycles. The molecular formula is C15H20N2O2. The summed E-state index contributed by atoms with van der Waals surface area (Å²) in [5.74, 6) is 5.70. The number of rotatable bonds is 5. The standard InChI is InChI=1S/C15H20N2O2/c1-3-8-17(4-2)15(19)14-10-13(11-16-12-14)7-5-6-9-18/h10-12,18H,3-4,6,8-9H2,1-2H3. The van der Waals surface area contributed by atoms with Crippen molar-refractivity contribution < 1.29 is 9.90 Å². The summed E-state index contributed by atoms with van der Waals surface area (Å²) in [7, 11) is 0. The highest BCUT2D eigenvalue weighted by molar-refractivity contribution is 5.94. The highest BCUT2D eigenvalue weighted by Gasteiger charge is 2.13. The van der Waals surface area contributed by atoms with Crippen LogP contribution in [0.5, 0.6) is 0 Å². The molecule has 0 aliphatic heterocycles. The lowest BCUT2D eigenvalue weighted by Crippen LogP contribution is -2.31. The smallest absolute Gasteiger partial charge is 0.255 e. The Balaban J connectivity index is 2.86. The van der Waals surface area contributed by atoms with E-state index in [1.165, 1.54) is 0 Å². The van der Waals surface area contributed by atoms with Crippen LogP contribution < -0.4 is 0 Å². The van der Waals surface area contributed by atoms with Crippen molar-refractivity contribution in [1.29, 1.82) is 0 Å². The number of amides is 1. The van der Waals surface area contributed by atoms with Crippen molar-refractivity contribution in [2.75, 3.05) is 19.7 Å². The Morgan fingerprint density at radius 3 is 2.84 bits per heavy atom.